The molecule has 48 heavy (non-hydrogen) atoms. The topological polar surface area (TPSA) is 51.8 Å². The lowest BCUT2D eigenvalue weighted by Crippen LogP contribution is -2.01. The van der Waals surface area contributed by atoms with Crippen molar-refractivity contribution in [2.45, 2.75) is 0 Å². The Hall–Kier alpha value is -6.17. The third kappa shape index (κ3) is 4.25. The smallest absolute Gasteiger partial charge is 0.164 e. The number of hydrogen-bond acceptors (Lipinski definition) is 5. The lowest BCUT2D eigenvalue weighted by molar-refractivity contribution is 0.669. The zero-order valence-corrected chi connectivity index (χ0v) is 26.4. The SMILES string of the molecule is c1ccc(-c2ccc(-c3nc(-c4ccc5c(c4)sc4ccccc45)nc(-c4cccc5oc6ccccc6c45)n3)c3ccccc23)cc1. The predicted molar refractivity (Wildman–Crippen MR) is 199 cm³/mol. The molecule has 3 aromatic heterocycles. The fourth-order valence-corrected chi connectivity index (χ4v) is 8.08. The quantitative estimate of drug-likeness (QED) is 0.194. The van der Waals surface area contributed by atoms with Crippen LogP contribution in [0.4, 0.5) is 0 Å². The number of para-hydroxylation sites is 1. The number of fused-ring (bicyclic) bond motifs is 7. The van der Waals surface area contributed by atoms with Gasteiger partial charge in [0.05, 0.1) is 0 Å². The summed E-state index contributed by atoms with van der Waals surface area (Å²) < 4.78 is 8.74. The second kappa shape index (κ2) is 10.7. The van der Waals surface area contributed by atoms with Crippen LogP contribution in [0.5, 0.6) is 0 Å². The molecular weight excluding hydrogens is 607 g/mol. The molecule has 0 unspecified atom stereocenters. The fourth-order valence-electron chi connectivity index (χ4n) is 6.94. The molecule has 0 aliphatic heterocycles. The molecule has 0 atom stereocenters. The highest BCUT2D eigenvalue weighted by atomic mass is 32.1. The molecule has 0 N–H and O–H groups in total. The van der Waals surface area contributed by atoms with E-state index in [-0.39, 0.29) is 0 Å². The van der Waals surface area contributed by atoms with Crippen LogP contribution in [0.2, 0.25) is 0 Å². The molecule has 0 aliphatic carbocycles. The summed E-state index contributed by atoms with van der Waals surface area (Å²) >= 11 is 1.79. The molecule has 224 valence electrons. The Morgan fingerprint density at radius 2 is 1.00 bits per heavy atom. The second-order valence-corrected chi connectivity index (χ2v) is 13.0. The molecule has 4 nitrogen and oxygen atoms in total. The summed E-state index contributed by atoms with van der Waals surface area (Å²) in [5, 5.41) is 6.79. The van der Waals surface area contributed by atoms with Gasteiger partial charge in [0.2, 0.25) is 0 Å². The van der Waals surface area contributed by atoms with Crippen molar-refractivity contribution >= 4 is 64.2 Å². The van der Waals surface area contributed by atoms with Crippen LogP contribution >= 0.6 is 11.3 Å². The first-order chi connectivity index (χ1) is 23.8. The number of furan rings is 1. The maximum atomic E-state index is 6.26. The first kappa shape index (κ1) is 27.0. The van der Waals surface area contributed by atoms with E-state index in [1.54, 1.807) is 11.3 Å². The minimum atomic E-state index is 0.611. The molecule has 0 spiro atoms. The number of hydrogen-bond donors (Lipinski definition) is 0. The van der Waals surface area contributed by atoms with E-state index in [9.17, 15) is 0 Å². The zero-order chi connectivity index (χ0) is 31.6. The molecule has 0 fully saturated rings. The molecule has 7 aromatic carbocycles. The molecule has 0 bridgehead atoms. The number of rotatable bonds is 4. The van der Waals surface area contributed by atoms with Crippen LogP contribution in [0.1, 0.15) is 0 Å². The largest absolute Gasteiger partial charge is 0.456 e. The zero-order valence-electron chi connectivity index (χ0n) is 25.6. The van der Waals surface area contributed by atoms with Gasteiger partial charge in [-0.3, -0.25) is 0 Å². The van der Waals surface area contributed by atoms with Crippen LogP contribution in [-0.4, -0.2) is 15.0 Å². The lowest BCUT2D eigenvalue weighted by Gasteiger charge is -2.13. The summed E-state index contributed by atoms with van der Waals surface area (Å²) in [7, 11) is 0. The van der Waals surface area contributed by atoms with Crippen molar-refractivity contribution in [3.63, 3.8) is 0 Å². The molecule has 10 aromatic rings. The summed E-state index contributed by atoms with van der Waals surface area (Å²) in [6.07, 6.45) is 0. The second-order valence-electron chi connectivity index (χ2n) is 12.0. The van der Waals surface area contributed by atoms with Gasteiger partial charge in [-0.1, -0.05) is 121 Å². The van der Waals surface area contributed by atoms with Crippen molar-refractivity contribution < 1.29 is 4.42 Å². The van der Waals surface area contributed by atoms with Crippen LogP contribution < -0.4 is 0 Å². The number of thiophene rings is 1. The molecule has 0 amide bonds. The number of benzene rings is 7. The molecule has 0 radical (unpaired) electrons. The third-order valence-electron chi connectivity index (χ3n) is 9.17. The Morgan fingerprint density at radius 3 is 1.85 bits per heavy atom. The molecule has 0 saturated carbocycles. The van der Waals surface area contributed by atoms with Gasteiger partial charge >= 0.3 is 0 Å². The van der Waals surface area contributed by atoms with Gasteiger partial charge in [0, 0.05) is 47.6 Å². The number of aromatic nitrogens is 3. The van der Waals surface area contributed by atoms with E-state index in [4.69, 9.17) is 19.4 Å². The summed E-state index contributed by atoms with van der Waals surface area (Å²) in [6.45, 7) is 0. The highest BCUT2D eigenvalue weighted by Gasteiger charge is 2.20. The highest BCUT2D eigenvalue weighted by molar-refractivity contribution is 7.25. The van der Waals surface area contributed by atoms with Gasteiger partial charge in [0.15, 0.2) is 17.5 Å². The molecule has 10 rings (SSSR count). The molecule has 3 heterocycles. The minimum absolute atomic E-state index is 0.611. The highest BCUT2D eigenvalue weighted by Crippen LogP contribution is 2.40. The van der Waals surface area contributed by atoms with Crippen LogP contribution in [0.15, 0.2) is 156 Å². The summed E-state index contributed by atoms with van der Waals surface area (Å²) in [4.78, 5) is 15.6. The van der Waals surface area contributed by atoms with E-state index in [1.807, 2.05) is 36.4 Å². The van der Waals surface area contributed by atoms with E-state index in [2.05, 4.69) is 115 Å². The standard InChI is InChI=1S/C43H25N3OS/c1-2-11-26(12-3-1)28-23-24-33(30-14-5-4-13-29(28)30)42-44-41(27-21-22-32-31-15-7-9-20-38(31)48-39(32)25-27)45-43(46-42)35-17-10-19-37-40(35)34-16-6-8-18-36(34)47-37/h1-25H. The average molecular weight is 632 g/mol. The van der Waals surface area contributed by atoms with Gasteiger partial charge in [0.1, 0.15) is 11.2 Å². The van der Waals surface area contributed by atoms with Crippen molar-refractivity contribution in [1.29, 1.82) is 0 Å². The van der Waals surface area contributed by atoms with E-state index in [0.29, 0.717) is 17.5 Å². The average Bonchev–Trinajstić information content (AvgIpc) is 3.72. The van der Waals surface area contributed by atoms with Gasteiger partial charge in [0.25, 0.3) is 0 Å². The molecule has 5 heteroatoms. The first-order valence-electron chi connectivity index (χ1n) is 15.9. The van der Waals surface area contributed by atoms with Crippen molar-refractivity contribution in [2.75, 3.05) is 0 Å². The molecule has 0 aliphatic rings. The summed E-state index contributed by atoms with van der Waals surface area (Å²) in [6, 6.07) is 52.7. The van der Waals surface area contributed by atoms with E-state index in [1.165, 1.54) is 31.3 Å². The van der Waals surface area contributed by atoms with Gasteiger partial charge in [-0.25, -0.2) is 15.0 Å². The maximum absolute atomic E-state index is 6.26. The lowest BCUT2D eigenvalue weighted by atomic mass is 9.94. The first-order valence-corrected chi connectivity index (χ1v) is 16.8. The summed E-state index contributed by atoms with van der Waals surface area (Å²) in [5.41, 5.74) is 6.82. The Bertz CT molecular complexity index is 2850. The van der Waals surface area contributed by atoms with Crippen molar-refractivity contribution in [1.82, 2.24) is 15.0 Å². The maximum Gasteiger partial charge on any atom is 0.164 e. The van der Waals surface area contributed by atoms with Gasteiger partial charge < -0.3 is 4.42 Å². The van der Waals surface area contributed by atoms with Crippen LogP contribution in [0.25, 0.3) is 98.2 Å². The van der Waals surface area contributed by atoms with E-state index >= 15 is 0 Å². The van der Waals surface area contributed by atoms with Crippen LogP contribution in [-0.2, 0) is 0 Å². The van der Waals surface area contributed by atoms with Crippen molar-refractivity contribution in [2.24, 2.45) is 0 Å². The third-order valence-corrected chi connectivity index (χ3v) is 10.3. The van der Waals surface area contributed by atoms with Crippen molar-refractivity contribution in [3.05, 3.63) is 152 Å². The monoisotopic (exact) mass is 631 g/mol. The van der Waals surface area contributed by atoms with Crippen molar-refractivity contribution in [3.8, 4) is 45.3 Å². The minimum Gasteiger partial charge on any atom is -0.456 e. The molecule has 0 saturated heterocycles. The van der Waals surface area contributed by atoms with Gasteiger partial charge in [-0.15, -0.1) is 11.3 Å². The Kier molecular flexibility index (Phi) is 6.01. The summed E-state index contributed by atoms with van der Waals surface area (Å²) in [5.74, 6) is 1.88. The Morgan fingerprint density at radius 1 is 0.375 bits per heavy atom. The van der Waals surface area contributed by atoms with Crippen LogP contribution in [0, 0.1) is 0 Å². The van der Waals surface area contributed by atoms with E-state index in [0.717, 1.165) is 49.4 Å². The Labute approximate surface area is 279 Å². The van der Waals surface area contributed by atoms with Gasteiger partial charge in [-0.05, 0) is 52.2 Å². The normalized spacial score (nSPS) is 11.8. The predicted octanol–water partition coefficient (Wildman–Crippen LogP) is 12.0. The fraction of sp³-hybridized carbons (Fsp3) is 0. The molecular formula is C43H25N3OS. The number of nitrogens with zero attached hydrogens (tertiary/aromatic N) is 3. The van der Waals surface area contributed by atoms with E-state index < -0.39 is 0 Å². The van der Waals surface area contributed by atoms with Gasteiger partial charge in [-0.2, -0.15) is 0 Å². The Balaban J connectivity index is 1.24. The van der Waals surface area contributed by atoms with Crippen LogP contribution in [0.3, 0.4) is 0 Å².